The number of carbonyl (C=O) groups excluding carboxylic acids is 1. The van der Waals surface area contributed by atoms with Crippen LogP contribution in [0.3, 0.4) is 0 Å². The Morgan fingerprint density at radius 2 is 1.96 bits per heavy atom. The second-order valence-corrected chi connectivity index (χ2v) is 5.35. The molecular formula is C16H15F4NO3. The molecule has 2 N–H and O–H groups in total. The van der Waals surface area contributed by atoms with E-state index in [-0.39, 0.29) is 12.3 Å². The molecule has 1 aromatic carbocycles. The van der Waals surface area contributed by atoms with E-state index < -0.39 is 35.7 Å². The summed E-state index contributed by atoms with van der Waals surface area (Å²) in [6, 6.07) is 7.50. The van der Waals surface area contributed by atoms with Crippen LogP contribution in [-0.2, 0) is 16.9 Å². The van der Waals surface area contributed by atoms with E-state index in [2.05, 4.69) is 5.32 Å². The Morgan fingerprint density at radius 3 is 2.50 bits per heavy atom. The van der Waals surface area contributed by atoms with Crippen molar-refractivity contribution < 1.29 is 31.9 Å². The average Bonchev–Trinajstić information content (AvgIpc) is 2.91. The Balaban J connectivity index is 2.11. The van der Waals surface area contributed by atoms with E-state index in [0.717, 1.165) is 12.1 Å². The Kier molecular flexibility index (Phi) is 4.98. The van der Waals surface area contributed by atoms with Crippen LogP contribution in [0.4, 0.5) is 17.6 Å². The Bertz CT molecular complexity index is 726. The molecule has 1 amide bonds. The molecule has 0 fully saturated rings. The molecule has 0 bridgehead atoms. The molecule has 2 rings (SSSR count). The predicted octanol–water partition coefficient (Wildman–Crippen LogP) is 3.18. The van der Waals surface area contributed by atoms with Crippen molar-refractivity contribution in [3.05, 3.63) is 59.3 Å². The smallest absolute Gasteiger partial charge is 0.425 e. The minimum atomic E-state index is -5.10. The zero-order chi connectivity index (χ0) is 18.0. The third kappa shape index (κ3) is 3.94. The van der Waals surface area contributed by atoms with Crippen LogP contribution in [0.5, 0.6) is 0 Å². The number of hydrogen-bond donors (Lipinski definition) is 2. The van der Waals surface area contributed by atoms with Gasteiger partial charge in [0.05, 0.1) is 6.42 Å². The van der Waals surface area contributed by atoms with Crippen molar-refractivity contribution in [3.63, 3.8) is 0 Å². The number of hydrogen-bond acceptors (Lipinski definition) is 3. The number of rotatable bonds is 5. The first-order valence-corrected chi connectivity index (χ1v) is 6.99. The fourth-order valence-corrected chi connectivity index (χ4v) is 2.13. The SMILES string of the molecule is Cc1ccc(C(O)(CC(=O)NCc2cccc(F)c2)C(F)(F)F)o1. The average molecular weight is 345 g/mol. The molecule has 1 unspecified atom stereocenters. The predicted molar refractivity (Wildman–Crippen MR) is 76.3 cm³/mol. The van der Waals surface area contributed by atoms with E-state index in [1.807, 2.05) is 0 Å². The van der Waals surface area contributed by atoms with Crippen LogP contribution in [0.2, 0.25) is 0 Å². The van der Waals surface area contributed by atoms with Gasteiger partial charge in [0.2, 0.25) is 11.5 Å². The zero-order valence-electron chi connectivity index (χ0n) is 12.7. The standard InChI is InChI=1S/C16H15F4NO3/c1-10-5-6-13(24-10)15(23,16(18,19)20)8-14(22)21-9-11-3-2-4-12(17)7-11/h2-7,23H,8-9H2,1H3,(H,21,22). The second kappa shape index (κ2) is 6.64. The summed E-state index contributed by atoms with van der Waals surface area (Å²) in [5.74, 6) is -2.16. The molecule has 130 valence electrons. The van der Waals surface area contributed by atoms with Gasteiger partial charge in [-0.25, -0.2) is 4.39 Å². The van der Waals surface area contributed by atoms with Gasteiger partial charge >= 0.3 is 6.18 Å². The van der Waals surface area contributed by atoms with Crippen LogP contribution < -0.4 is 5.32 Å². The molecule has 0 aliphatic rings. The van der Waals surface area contributed by atoms with Crippen LogP contribution in [-0.4, -0.2) is 17.2 Å². The van der Waals surface area contributed by atoms with Gasteiger partial charge in [0.25, 0.3) is 0 Å². The number of benzene rings is 1. The van der Waals surface area contributed by atoms with Crippen LogP contribution in [0, 0.1) is 12.7 Å². The van der Waals surface area contributed by atoms with Gasteiger partial charge in [-0.1, -0.05) is 12.1 Å². The number of amides is 1. The van der Waals surface area contributed by atoms with Crippen molar-refractivity contribution in [1.82, 2.24) is 5.32 Å². The lowest BCUT2D eigenvalue weighted by Crippen LogP contribution is -2.45. The molecule has 0 aliphatic heterocycles. The molecule has 1 heterocycles. The van der Waals surface area contributed by atoms with Crippen molar-refractivity contribution in [3.8, 4) is 0 Å². The first kappa shape index (κ1) is 18.0. The Morgan fingerprint density at radius 1 is 1.25 bits per heavy atom. The highest BCUT2D eigenvalue weighted by molar-refractivity contribution is 5.77. The number of nitrogens with one attached hydrogen (secondary N) is 1. The van der Waals surface area contributed by atoms with Gasteiger partial charge in [0.1, 0.15) is 17.3 Å². The van der Waals surface area contributed by atoms with Crippen molar-refractivity contribution >= 4 is 5.91 Å². The topological polar surface area (TPSA) is 62.5 Å². The third-order valence-corrected chi connectivity index (χ3v) is 3.41. The highest BCUT2D eigenvalue weighted by atomic mass is 19.4. The number of carbonyl (C=O) groups is 1. The molecule has 0 spiro atoms. The Hall–Kier alpha value is -2.35. The van der Waals surface area contributed by atoms with E-state index in [1.165, 1.54) is 31.2 Å². The van der Waals surface area contributed by atoms with Gasteiger partial charge in [-0.15, -0.1) is 0 Å². The summed E-state index contributed by atoms with van der Waals surface area (Å²) in [7, 11) is 0. The maximum Gasteiger partial charge on any atom is 0.425 e. The molecule has 0 saturated carbocycles. The van der Waals surface area contributed by atoms with Crippen LogP contribution in [0.1, 0.15) is 23.5 Å². The first-order valence-electron chi connectivity index (χ1n) is 6.99. The minimum absolute atomic E-state index is 0.165. The van der Waals surface area contributed by atoms with E-state index in [0.29, 0.717) is 5.56 Å². The summed E-state index contributed by atoms with van der Waals surface area (Å²) < 4.78 is 57.6. The lowest BCUT2D eigenvalue weighted by Gasteiger charge is -2.28. The number of aryl methyl sites for hydroxylation is 1. The van der Waals surface area contributed by atoms with Crippen molar-refractivity contribution in [1.29, 1.82) is 0 Å². The number of alkyl halides is 3. The van der Waals surface area contributed by atoms with Gasteiger partial charge in [-0.3, -0.25) is 4.79 Å². The quantitative estimate of drug-likeness (QED) is 0.818. The van der Waals surface area contributed by atoms with Gasteiger partial charge in [-0.05, 0) is 36.8 Å². The summed E-state index contributed by atoms with van der Waals surface area (Å²) in [4.78, 5) is 11.8. The van der Waals surface area contributed by atoms with Crippen molar-refractivity contribution in [2.24, 2.45) is 0 Å². The van der Waals surface area contributed by atoms with Gasteiger partial charge in [-0.2, -0.15) is 13.2 Å². The molecule has 8 heteroatoms. The minimum Gasteiger partial charge on any atom is -0.463 e. The summed E-state index contributed by atoms with van der Waals surface area (Å²) in [5.41, 5.74) is -3.06. The molecule has 0 radical (unpaired) electrons. The highest BCUT2D eigenvalue weighted by Crippen LogP contribution is 2.42. The lowest BCUT2D eigenvalue weighted by atomic mass is 9.95. The second-order valence-electron chi connectivity index (χ2n) is 5.35. The summed E-state index contributed by atoms with van der Waals surface area (Å²) in [6.07, 6.45) is -6.37. The molecule has 24 heavy (non-hydrogen) atoms. The molecule has 2 aromatic rings. The van der Waals surface area contributed by atoms with Crippen LogP contribution >= 0.6 is 0 Å². The molecule has 0 aliphatic carbocycles. The van der Waals surface area contributed by atoms with E-state index >= 15 is 0 Å². The Labute approximate surface area is 135 Å². The highest BCUT2D eigenvalue weighted by Gasteiger charge is 2.58. The van der Waals surface area contributed by atoms with Crippen molar-refractivity contribution in [2.45, 2.75) is 31.7 Å². The number of halogens is 4. The maximum absolute atomic E-state index is 13.2. The normalized spacial score (nSPS) is 14.2. The summed E-state index contributed by atoms with van der Waals surface area (Å²) >= 11 is 0. The summed E-state index contributed by atoms with van der Waals surface area (Å²) in [5, 5.41) is 12.2. The number of furan rings is 1. The zero-order valence-corrected chi connectivity index (χ0v) is 12.7. The maximum atomic E-state index is 13.2. The number of aliphatic hydroxyl groups is 1. The summed E-state index contributed by atoms with van der Waals surface area (Å²) in [6.45, 7) is 1.26. The molecule has 4 nitrogen and oxygen atoms in total. The molecule has 1 atom stereocenters. The van der Waals surface area contributed by atoms with Crippen LogP contribution in [0.15, 0.2) is 40.8 Å². The van der Waals surface area contributed by atoms with Gasteiger partial charge in [0, 0.05) is 6.54 Å². The largest absolute Gasteiger partial charge is 0.463 e. The van der Waals surface area contributed by atoms with Gasteiger partial charge < -0.3 is 14.8 Å². The molecule has 1 aromatic heterocycles. The molecular weight excluding hydrogens is 330 g/mol. The fraction of sp³-hybridized carbons (Fsp3) is 0.312. The van der Waals surface area contributed by atoms with Crippen LogP contribution in [0.25, 0.3) is 0 Å². The van der Waals surface area contributed by atoms with Crippen molar-refractivity contribution in [2.75, 3.05) is 0 Å². The monoisotopic (exact) mass is 345 g/mol. The lowest BCUT2D eigenvalue weighted by molar-refractivity contribution is -0.273. The van der Waals surface area contributed by atoms with E-state index in [1.54, 1.807) is 0 Å². The fourth-order valence-electron chi connectivity index (χ4n) is 2.13. The van der Waals surface area contributed by atoms with E-state index in [9.17, 15) is 27.5 Å². The third-order valence-electron chi connectivity index (χ3n) is 3.41. The molecule has 0 saturated heterocycles. The first-order chi connectivity index (χ1) is 11.1. The van der Waals surface area contributed by atoms with Gasteiger partial charge in [0.15, 0.2) is 0 Å². The van der Waals surface area contributed by atoms with E-state index in [4.69, 9.17) is 4.42 Å².